The fourth-order valence-corrected chi connectivity index (χ4v) is 1.59. The van der Waals surface area contributed by atoms with Gasteiger partial charge < -0.3 is 4.74 Å². The van der Waals surface area contributed by atoms with Gasteiger partial charge in [-0.25, -0.2) is 0 Å². The van der Waals surface area contributed by atoms with Crippen LogP contribution in [0, 0.1) is 5.92 Å². The Morgan fingerprint density at radius 2 is 2.07 bits per heavy atom. The molecule has 74 valence electrons. The summed E-state index contributed by atoms with van der Waals surface area (Å²) in [6.07, 6.45) is 0.733. The summed E-state index contributed by atoms with van der Waals surface area (Å²) in [5, 5.41) is 0. The Hall–Kier alpha value is -1.15. The van der Waals surface area contributed by atoms with Gasteiger partial charge in [0.25, 0.3) is 0 Å². The SMILES string of the molecule is CC1C(=O)CC1OCc1ccccc1. The molecule has 1 aromatic rings. The lowest BCUT2D eigenvalue weighted by Gasteiger charge is -2.31. The molecular formula is C12H14O2. The summed E-state index contributed by atoms with van der Waals surface area (Å²) in [6.45, 7) is 2.55. The normalized spacial score (nSPS) is 25.9. The second-order valence-corrected chi connectivity index (χ2v) is 3.79. The summed E-state index contributed by atoms with van der Waals surface area (Å²) in [5.41, 5.74) is 1.17. The first-order valence-electron chi connectivity index (χ1n) is 4.95. The summed E-state index contributed by atoms with van der Waals surface area (Å²) in [5.74, 6) is 0.418. The molecule has 0 aromatic heterocycles. The maximum Gasteiger partial charge on any atom is 0.140 e. The van der Waals surface area contributed by atoms with Crippen LogP contribution in [-0.2, 0) is 16.1 Å². The van der Waals surface area contributed by atoms with E-state index in [9.17, 15) is 4.79 Å². The maximum atomic E-state index is 11.0. The van der Waals surface area contributed by atoms with Crippen molar-refractivity contribution in [2.75, 3.05) is 0 Å². The van der Waals surface area contributed by atoms with Crippen LogP contribution in [0.5, 0.6) is 0 Å². The molecule has 1 aliphatic carbocycles. The second kappa shape index (κ2) is 3.93. The first-order valence-corrected chi connectivity index (χ1v) is 4.95. The lowest BCUT2D eigenvalue weighted by molar-refractivity contribution is -0.144. The van der Waals surface area contributed by atoms with Crippen molar-refractivity contribution in [3.05, 3.63) is 35.9 Å². The summed E-state index contributed by atoms with van der Waals surface area (Å²) in [4.78, 5) is 11.0. The van der Waals surface area contributed by atoms with Gasteiger partial charge >= 0.3 is 0 Å². The number of hydrogen-bond donors (Lipinski definition) is 0. The Balaban J connectivity index is 1.81. The third kappa shape index (κ3) is 1.85. The number of ketones is 1. The largest absolute Gasteiger partial charge is 0.372 e. The molecule has 2 rings (SSSR count). The van der Waals surface area contributed by atoms with Crippen LogP contribution >= 0.6 is 0 Å². The van der Waals surface area contributed by atoms with E-state index in [0.29, 0.717) is 18.8 Å². The van der Waals surface area contributed by atoms with Crippen molar-refractivity contribution in [3.8, 4) is 0 Å². The van der Waals surface area contributed by atoms with Crippen molar-refractivity contribution in [2.45, 2.75) is 26.1 Å². The predicted octanol–water partition coefficient (Wildman–Crippen LogP) is 2.18. The first kappa shape index (κ1) is 9.41. The van der Waals surface area contributed by atoms with Crippen LogP contribution in [0.25, 0.3) is 0 Å². The van der Waals surface area contributed by atoms with Crippen LogP contribution in [0.1, 0.15) is 18.9 Å². The van der Waals surface area contributed by atoms with Gasteiger partial charge in [0.1, 0.15) is 5.78 Å². The van der Waals surface area contributed by atoms with Gasteiger partial charge in [-0.15, -0.1) is 0 Å². The van der Waals surface area contributed by atoms with Crippen molar-refractivity contribution >= 4 is 5.78 Å². The van der Waals surface area contributed by atoms with Crippen molar-refractivity contribution < 1.29 is 9.53 Å². The Morgan fingerprint density at radius 3 is 2.64 bits per heavy atom. The zero-order valence-corrected chi connectivity index (χ0v) is 8.27. The average molecular weight is 190 g/mol. The molecule has 2 nitrogen and oxygen atoms in total. The predicted molar refractivity (Wildman–Crippen MR) is 53.8 cm³/mol. The summed E-state index contributed by atoms with van der Waals surface area (Å²) < 4.78 is 5.63. The van der Waals surface area contributed by atoms with Crippen LogP contribution in [0.3, 0.4) is 0 Å². The lowest BCUT2D eigenvalue weighted by Crippen LogP contribution is -2.41. The van der Waals surface area contributed by atoms with Crippen molar-refractivity contribution in [3.63, 3.8) is 0 Å². The highest BCUT2D eigenvalue weighted by Gasteiger charge is 2.36. The maximum absolute atomic E-state index is 11.0. The van der Waals surface area contributed by atoms with Crippen LogP contribution in [0.15, 0.2) is 30.3 Å². The molecule has 2 unspecified atom stereocenters. The third-order valence-corrected chi connectivity index (χ3v) is 2.77. The molecule has 1 aromatic carbocycles. The number of carbonyl (C=O) groups excluding carboxylic acids is 1. The van der Waals surface area contributed by atoms with E-state index >= 15 is 0 Å². The molecule has 1 fully saturated rings. The fourth-order valence-electron chi connectivity index (χ4n) is 1.59. The molecule has 0 aliphatic heterocycles. The first-order chi connectivity index (χ1) is 6.77. The van der Waals surface area contributed by atoms with Gasteiger partial charge in [0.15, 0.2) is 0 Å². The molecule has 0 heterocycles. The molecule has 0 N–H and O–H groups in total. The van der Waals surface area contributed by atoms with Crippen LogP contribution in [-0.4, -0.2) is 11.9 Å². The molecule has 1 saturated carbocycles. The number of hydrogen-bond acceptors (Lipinski definition) is 2. The van der Waals surface area contributed by atoms with Gasteiger partial charge in [0.2, 0.25) is 0 Å². The van der Waals surface area contributed by atoms with Gasteiger partial charge in [-0.05, 0) is 5.56 Å². The molecule has 0 radical (unpaired) electrons. The quantitative estimate of drug-likeness (QED) is 0.730. The van der Waals surface area contributed by atoms with Gasteiger partial charge in [-0.2, -0.15) is 0 Å². The zero-order chi connectivity index (χ0) is 9.97. The minimum atomic E-state index is 0.0960. The van der Waals surface area contributed by atoms with E-state index in [0.717, 1.165) is 0 Å². The van der Waals surface area contributed by atoms with Crippen molar-refractivity contribution in [1.29, 1.82) is 0 Å². The van der Waals surface area contributed by atoms with Gasteiger partial charge in [0.05, 0.1) is 12.7 Å². The second-order valence-electron chi connectivity index (χ2n) is 3.79. The van der Waals surface area contributed by atoms with Crippen molar-refractivity contribution in [2.24, 2.45) is 5.92 Å². The molecule has 2 heteroatoms. The van der Waals surface area contributed by atoms with E-state index in [1.807, 2.05) is 37.3 Å². The molecule has 2 atom stereocenters. The van der Waals surface area contributed by atoms with E-state index in [4.69, 9.17) is 4.74 Å². The number of Topliss-reactive ketones (excluding diaryl/α,β-unsaturated/α-hetero) is 1. The molecule has 0 spiro atoms. The lowest BCUT2D eigenvalue weighted by atomic mass is 9.82. The molecular weight excluding hydrogens is 176 g/mol. The number of benzene rings is 1. The molecule has 14 heavy (non-hydrogen) atoms. The topological polar surface area (TPSA) is 26.3 Å². The Labute approximate surface area is 83.9 Å². The Bertz CT molecular complexity index is 318. The minimum Gasteiger partial charge on any atom is -0.372 e. The van der Waals surface area contributed by atoms with E-state index in [-0.39, 0.29) is 12.0 Å². The minimum absolute atomic E-state index is 0.0960. The van der Waals surface area contributed by atoms with Crippen LogP contribution < -0.4 is 0 Å². The average Bonchev–Trinajstić information content (AvgIpc) is 2.25. The highest BCUT2D eigenvalue weighted by atomic mass is 16.5. The third-order valence-electron chi connectivity index (χ3n) is 2.77. The Morgan fingerprint density at radius 1 is 1.36 bits per heavy atom. The highest BCUT2D eigenvalue weighted by Crippen LogP contribution is 2.26. The van der Waals surface area contributed by atoms with Gasteiger partial charge in [-0.1, -0.05) is 37.3 Å². The summed E-state index contributed by atoms with van der Waals surface area (Å²) in [7, 11) is 0. The number of ether oxygens (including phenoxy) is 1. The van der Waals surface area contributed by atoms with Crippen molar-refractivity contribution in [1.82, 2.24) is 0 Å². The molecule has 0 saturated heterocycles. The number of carbonyl (C=O) groups is 1. The smallest absolute Gasteiger partial charge is 0.140 e. The highest BCUT2D eigenvalue weighted by molar-refractivity contribution is 5.87. The monoisotopic (exact) mass is 190 g/mol. The van der Waals surface area contributed by atoms with Crippen LogP contribution in [0.4, 0.5) is 0 Å². The van der Waals surface area contributed by atoms with Gasteiger partial charge in [0, 0.05) is 12.3 Å². The fraction of sp³-hybridized carbons (Fsp3) is 0.417. The van der Waals surface area contributed by atoms with Crippen LogP contribution in [0.2, 0.25) is 0 Å². The summed E-state index contributed by atoms with van der Waals surface area (Å²) >= 11 is 0. The molecule has 1 aliphatic rings. The van der Waals surface area contributed by atoms with Gasteiger partial charge in [-0.3, -0.25) is 4.79 Å². The standard InChI is InChI=1S/C12H14O2/c1-9-11(13)7-12(9)14-8-10-5-3-2-4-6-10/h2-6,9,12H,7-8H2,1H3. The van der Waals surface area contributed by atoms with E-state index in [1.54, 1.807) is 0 Å². The molecule has 0 amide bonds. The van der Waals surface area contributed by atoms with E-state index in [2.05, 4.69) is 0 Å². The summed E-state index contributed by atoms with van der Waals surface area (Å²) in [6, 6.07) is 10.0. The zero-order valence-electron chi connectivity index (χ0n) is 8.27. The number of rotatable bonds is 3. The molecule has 0 bridgehead atoms. The van der Waals surface area contributed by atoms with E-state index < -0.39 is 0 Å². The Kier molecular flexibility index (Phi) is 2.64. The van der Waals surface area contributed by atoms with E-state index in [1.165, 1.54) is 5.56 Å².